The van der Waals surface area contributed by atoms with Crippen molar-refractivity contribution in [3.05, 3.63) is 12.4 Å². The van der Waals surface area contributed by atoms with Crippen LogP contribution in [0, 0.1) is 0 Å². The molecule has 1 rings (SSSR count). The third-order valence-electron chi connectivity index (χ3n) is 8.12. The molecule has 35 heavy (non-hydrogen) atoms. The molecule has 0 N–H and O–H groups in total. The first-order chi connectivity index (χ1) is 17.3. The minimum atomic E-state index is 0.621. The van der Waals surface area contributed by atoms with Crippen molar-refractivity contribution in [3.63, 3.8) is 0 Å². The highest BCUT2D eigenvalue weighted by molar-refractivity contribution is 4.96. The molecular formula is C33H66N2. The monoisotopic (exact) mass is 491 g/mol. The summed E-state index contributed by atoms with van der Waals surface area (Å²) < 4.78 is 0. The summed E-state index contributed by atoms with van der Waals surface area (Å²) >= 11 is 0. The lowest BCUT2D eigenvalue weighted by Crippen LogP contribution is -2.38. The lowest BCUT2D eigenvalue weighted by Gasteiger charge is -2.32. The number of nitrogens with zero attached hydrogens (tertiary/aromatic N) is 2. The van der Waals surface area contributed by atoms with Gasteiger partial charge in [0.1, 0.15) is 6.17 Å². The lowest BCUT2D eigenvalue weighted by molar-refractivity contribution is 0.144. The fourth-order valence-electron chi connectivity index (χ4n) is 5.75. The van der Waals surface area contributed by atoms with E-state index in [9.17, 15) is 0 Å². The highest BCUT2D eigenvalue weighted by Crippen LogP contribution is 2.21. The third kappa shape index (κ3) is 18.3. The normalized spacial score (nSPS) is 15.6. The van der Waals surface area contributed by atoms with Gasteiger partial charge >= 0.3 is 0 Å². The van der Waals surface area contributed by atoms with Gasteiger partial charge in [0.25, 0.3) is 0 Å². The topological polar surface area (TPSA) is 6.48 Å². The summed E-state index contributed by atoms with van der Waals surface area (Å²) in [6, 6.07) is 0. The zero-order valence-corrected chi connectivity index (χ0v) is 24.7. The third-order valence-corrected chi connectivity index (χ3v) is 8.12. The maximum atomic E-state index is 2.62. The largest absolute Gasteiger partial charge is 0.356 e. The average Bonchev–Trinajstić information content (AvgIpc) is 3.26. The molecule has 0 radical (unpaired) electrons. The van der Waals surface area contributed by atoms with Crippen LogP contribution in [0.25, 0.3) is 0 Å². The van der Waals surface area contributed by atoms with Gasteiger partial charge in [-0.1, -0.05) is 162 Å². The number of unbranched alkanes of at least 4 members (excludes halogenated alkanes) is 22. The summed E-state index contributed by atoms with van der Waals surface area (Å²) in [5.74, 6) is 0. The van der Waals surface area contributed by atoms with Crippen LogP contribution in [0.2, 0.25) is 0 Å². The van der Waals surface area contributed by atoms with Crippen molar-refractivity contribution in [3.8, 4) is 0 Å². The Kier molecular flexibility index (Phi) is 23.1. The van der Waals surface area contributed by atoms with E-state index in [4.69, 9.17) is 0 Å². The predicted octanol–water partition coefficient (Wildman–Crippen LogP) is 11.2. The van der Waals surface area contributed by atoms with E-state index in [-0.39, 0.29) is 0 Å². The molecule has 1 unspecified atom stereocenters. The maximum Gasteiger partial charge on any atom is 0.100 e. The fourth-order valence-corrected chi connectivity index (χ4v) is 5.75. The van der Waals surface area contributed by atoms with Crippen LogP contribution in [-0.4, -0.2) is 29.1 Å². The van der Waals surface area contributed by atoms with Crippen molar-refractivity contribution < 1.29 is 0 Å². The molecule has 0 fully saturated rings. The molecule has 0 aromatic carbocycles. The molecule has 0 aromatic heterocycles. The van der Waals surface area contributed by atoms with Crippen LogP contribution in [0.5, 0.6) is 0 Å². The van der Waals surface area contributed by atoms with Crippen molar-refractivity contribution in [1.82, 2.24) is 9.80 Å². The first-order valence-electron chi connectivity index (χ1n) is 16.5. The Balaban J connectivity index is 1.91. The molecule has 0 amide bonds. The molecule has 1 aliphatic heterocycles. The van der Waals surface area contributed by atoms with E-state index in [2.05, 4.69) is 43.0 Å². The summed E-state index contributed by atoms with van der Waals surface area (Å²) in [4.78, 5) is 5.24. The fraction of sp³-hybridized carbons (Fsp3) is 0.939. The SMILES string of the molecule is CCCCCCCCCCCCCCCCN1C=CN(CCCCCCCCCCCC)C1CC. The predicted molar refractivity (Wildman–Crippen MR) is 159 cm³/mol. The van der Waals surface area contributed by atoms with Gasteiger partial charge in [-0.15, -0.1) is 0 Å². The number of hydrogen-bond donors (Lipinski definition) is 0. The molecule has 1 atom stereocenters. The van der Waals surface area contributed by atoms with Gasteiger partial charge in [-0.2, -0.15) is 0 Å². The first kappa shape index (κ1) is 32.4. The van der Waals surface area contributed by atoms with Gasteiger partial charge in [-0.25, -0.2) is 0 Å². The summed E-state index contributed by atoms with van der Waals surface area (Å²) in [7, 11) is 0. The number of hydrogen-bond acceptors (Lipinski definition) is 2. The summed E-state index contributed by atoms with van der Waals surface area (Å²) in [5, 5.41) is 0. The molecular weight excluding hydrogens is 424 g/mol. The van der Waals surface area contributed by atoms with Crippen LogP contribution in [0.4, 0.5) is 0 Å². The van der Waals surface area contributed by atoms with Gasteiger partial charge in [0.2, 0.25) is 0 Å². The Morgan fingerprint density at radius 3 is 0.886 bits per heavy atom. The minimum absolute atomic E-state index is 0.621. The summed E-state index contributed by atoms with van der Waals surface area (Å²) in [6.45, 7) is 9.47. The van der Waals surface area contributed by atoms with E-state index < -0.39 is 0 Å². The van der Waals surface area contributed by atoms with Gasteiger partial charge in [0.05, 0.1) is 0 Å². The van der Waals surface area contributed by atoms with Crippen molar-refractivity contribution >= 4 is 0 Å². The van der Waals surface area contributed by atoms with Gasteiger partial charge in [0, 0.05) is 25.5 Å². The minimum Gasteiger partial charge on any atom is -0.356 e. The van der Waals surface area contributed by atoms with Gasteiger partial charge in [-0.05, 0) is 19.3 Å². The Labute approximate surface area is 222 Å². The Hall–Kier alpha value is -0.660. The molecule has 0 saturated heterocycles. The van der Waals surface area contributed by atoms with Crippen LogP contribution < -0.4 is 0 Å². The van der Waals surface area contributed by atoms with Gasteiger partial charge in [-0.3, -0.25) is 0 Å². The van der Waals surface area contributed by atoms with E-state index in [0.717, 1.165) is 0 Å². The van der Waals surface area contributed by atoms with E-state index in [1.54, 1.807) is 0 Å². The second-order valence-corrected chi connectivity index (χ2v) is 11.4. The molecule has 1 heterocycles. The molecule has 0 saturated carbocycles. The number of rotatable bonds is 27. The average molecular weight is 491 g/mol. The molecule has 208 valence electrons. The highest BCUT2D eigenvalue weighted by atomic mass is 15.4. The second-order valence-electron chi connectivity index (χ2n) is 11.4. The van der Waals surface area contributed by atoms with E-state index in [1.807, 2.05) is 0 Å². The zero-order valence-electron chi connectivity index (χ0n) is 24.7. The first-order valence-corrected chi connectivity index (χ1v) is 16.5. The van der Waals surface area contributed by atoms with Crippen LogP contribution in [0.15, 0.2) is 12.4 Å². The molecule has 0 aromatic rings. The van der Waals surface area contributed by atoms with Crippen LogP contribution in [0.3, 0.4) is 0 Å². The van der Waals surface area contributed by atoms with Crippen LogP contribution in [0.1, 0.15) is 181 Å². The van der Waals surface area contributed by atoms with Crippen molar-refractivity contribution in [2.75, 3.05) is 13.1 Å². The zero-order chi connectivity index (χ0) is 25.2. The lowest BCUT2D eigenvalue weighted by atomic mass is 10.0. The van der Waals surface area contributed by atoms with Crippen LogP contribution in [-0.2, 0) is 0 Å². The molecule has 0 aliphatic carbocycles. The molecule has 2 nitrogen and oxygen atoms in total. The highest BCUT2D eigenvalue weighted by Gasteiger charge is 2.23. The van der Waals surface area contributed by atoms with Crippen molar-refractivity contribution in [2.45, 2.75) is 187 Å². The molecule has 0 spiro atoms. The van der Waals surface area contributed by atoms with Crippen molar-refractivity contribution in [1.29, 1.82) is 0 Å². The van der Waals surface area contributed by atoms with E-state index >= 15 is 0 Å². The molecule has 2 heteroatoms. The Bertz CT molecular complexity index is 446. The van der Waals surface area contributed by atoms with E-state index in [1.165, 1.54) is 174 Å². The van der Waals surface area contributed by atoms with Crippen molar-refractivity contribution in [2.24, 2.45) is 0 Å². The Morgan fingerprint density at radius 2 is 0.629 bits per heavy atom. The quantitative estimate of drug-likeness (QED) is 0.106. The van der Waals surface area contributed by atoms with Gasteiger partial charge < -0.3 is 9.80 Å². The second kappa shape index (κ2) is 25.0. The van der Waals surface area contributed by atoms with Crippen LogP contribution >= 0.6 is 0 Å². The van der Waals surface area contributed by atoms with Gasteiger partial charge in [0.15, 0.2) is 0 Å². The van der Waals surface area contributed by atoms with E-state index in [0.29, 0.717) is 6.17 Å². The summed E-state index contributed by atoms with van der Waals surface area (Å²) in [6.07, 6.45) is 41.1. The Morgan fingerprint density at radius 1 is 0.371 bits per heavy atom. The standard InChI is InChI=1S/C33H66N2/c1-4-7-9-11-13-15-17-18-19-20-22-24-26-28-30-35-32-31-34(33(35)6-3)29-27-25-23-21-16-14-12-10-8-5-2/h31-33H,4-30H2,1-3H3. The molecule has 0 bridgehead atoms. The smallest absolute Gasteiger partial charge is 0.100 e. The molecule has 1 aliphatic rings. The maximum absolute atomic E-state index is 2.62. The summed E-state index contributed by atoms with van der Waals surface area (Å²) in [5.41, 5.74) is 0.